The van der Waals surface area contributed by atoms with Crippen LogP contribution in [0.4, 0.5) is 13.2 Å². The van der Waals surface area contributed by atoms with Gasteiger partial charge in [-0.15, -0.1) is 0 Å². The van der Waals surface area contributed by atoms with Crippen molar-refractivity contribution in [3.8, 4) is 0 Å². The number of halogens is 3. The van der Waals surface area contributed by atoms with Crippen LogP contribution in [0.25, 0.3) is 0 Å². The lowest BCUT2D eigenvalue weighted by atomic mass is 9.92. The third kappa shape index (κ3) is 5.25. The molecule has 0 atom stereocenters. The molecule has 2 aromatic rings. The Bertz CT molecular complexity index is 474. The van der Waals surface area contributed by atoms with E-state index in [1.165, 1.54) is 0 Å². The van der Waals surface area contributed by atoms with Crippen LogP contribution < -0.4 is 0 Å². The molecule has 2 rings (SSSR count). The van der Waals surface area contributed by atoms with Crippen molar-refractivity contribution in [2.75, 3.05) is 0 Å². The van der Waals surface area contributed by atoms with Gasteiger partial charge in [0.1, 0.15) is 0 Å². The highest BCUT2D eigenvalue weighted by atomic mass is 19.4. The standard InChI is InChI=1S/C18H19F3/c19-18(20,21)17(13-11-15-7-3-1-4-8-15)14-12-16-9-5-2-6-10-16/h1-10,17H,11-14H2. The monoisotopic (exact) mass is 292 g/mol. The summed E-state index contributed by atoms with van der Waals surface area (Å²) in [5.41, 5.74) is 1.93. The van der Waals surface area contributed by atoms with Crippen LogP contribution in [0, 0.1) is 5.92 Å². The van der Waals surface area contributed by atoms with Gasteiger partial charge in [0, 0.05) is 0 Å². The summed E-state index contributed by atoms with van der Waals surface area (Å²) < 4.78 is 39.4. The van der Waals surface area contributed by atoms with Crippen molar-refractivity contribution in [2.45, 2.75) is 31.9 Å². The molecule has 0 N–H and O–H groups in total. The van der Waals surface area contributed by atoms with E-state index in [0.717, 1.165) is 11.1 Å². The average molecular weight is 292 g/mol. The fourth-order valence-corrected chi connectivity index (χ4v) is 2.44. The zero-order valence-corrected chi connectivity index (χ0v) is 11.8. The van der Waals surface area contributed by atoms with Crippen molar-refractivity contribution >= 4 is 0 Å². The van der Waals surface area contributed by atoms with Crippen LogP contribution >= 0.6 is 0 Å². The minimum Gasteiger partial charge on any atom is -0.171 e. The first-order valence-electron chi connectivity index (χ1n) is 7.20. The number of benzene rings is 2. The zero-order chi connectivity index (χ0) is 15.1. The fraction of sp³-hybridized carbons (Fsp3) is 0.333. The molecule has 112 valence electrons. The molecule has 0 aliphatic rings. The lowest BCUT2D eigenvalue weighted by molar-refractivity contribution is -0.177. The third-order valence-corrected chi connectivity index (χ3v) is 3.71. The summed E-state index contributed by atoms with van der Waals surface area (Å²) in [6.07, 6.45) is -2.87. The summed E-state index contributed by atoms with van der Waals surface area (Å²) in [6.45, 7) is 0. The molecule has 0 nitrogen and oxygen atoms in total. The molecule has 0 aliphatic carbocycles. The van der Waals surface area contributed by atoms with E-state index in [9.17, 15) is 13.2 Å². The topological polar surface area (TPSA) is 0 Å². The second kappa shape index (κ2) is 7.30. The first kappa shape index (κ1) is 15.6. The molecule has 0 radical (unpaired) electrons. The van der Waals surface area contributed by atoms with Gasteiger partial charge in [-0.2, -0.15) is 13.2 Å². The van der Waals surface area contributed by atoms with Crippen molar-refractivity contribution < 1.29 is 13.2 Å². The largest absolute Gasteiger partial charge is 0.391 e. The Kier molecular flexibility index (Phi) is 5.43. The highest BCUT2D eigenvalue weighted by Gasteiger charge is 2.38. The number of rotatable bonds is 6. The van der Waals surface area contributed by atoms with Crippen molar-refractivity contribution in [1.82, 2.24) is 0 Å². The van der Waals surface area contributed by atoms with Crippen LogP contribution in [-0.2, 0) is 12.8 Å². The van der Waals surface area contributed by atoms with Gasteiger partial charge in [-0.3, -0.25) is 0 Å². The first-order chi connectivity index (χ1) is 10.1. The normalized spacial score (nSPS) is 11.8. The molecule has 0 spiro atoms. The van der Waals surface area contributed by atoms with E-state index in [-0.39, 0.29) is 12.8 Å². The highest BCUT2D eigenvalue weighted by Crippen LogP contribution is 2.33. The molecule has 0 aliphatic heterocycles. The molecule has 2 aromatic carbocycles. The summed E-state index contributed by atoms with van der Waals surface area (Å²) in [5, 5.41) is 0. The Labute approximate surface area is 123 Å². The van der Waals surface area contributed by atoms with E-state index in [2.05, 4.69) is 0 Å². The van der Waals surface area contributed by atoms with E-state index in [4.69, 9.17) is 0 Å². The number of alkyl halides is 3. The highest BCUT2D eigenvalue weighted by molar-refractivity contribution is 5.16. The fourth-order valence-electron chi connectivity index (χ4n) is 2.44. The van der Waals surface area contributed by atoms with Crippen LogP contribution in [0.2, 0.25) is 0 Å². The number of hydrogen-bond donors (Lipinski definition) is 0. The summed E-state index contributed by atoms with van der Waals surface area (Å²) in [5.74, 6) is -1.24. The Morgan fingerprint density at radius 1 is 0.667 bits per heavy atom. The Morgan fingerprint density at radius 2 is 1.05 bits per heavy atom. The maximum Gasteiger partial charge on any atom is 0.391 e. The molecule has 3 heteroatoms. The summed E-state index contributed by atoms with van der Waals surface area (Å²) in [6, 6.07) is 18.7. The van der Waals surface area contributed by atoms with Gasteiger partial charge in [-0.05, 0) is 36.8 Å². The predicted molar refractivity (Wildman–Crippen MR) is 79.1 cm³/mol. The lowest BCUT2D eigenvalue weighted by Gasteiger charge is -2.20. The van der Waals surface area contributed by atoms with Crippen LogP contribution in [0.5, 0.6) is 0 Å². The van der Waals surface area contributed by atoms with Crippen molar-refractivity contribution in [2.24, 2.45) is 5.92 Å². The summed E-state index contributed by atoms with van der Waals surface area (Å²) in [4.78, 5) is 0. The molecular weight excluding hydrogens is 273 g/mol. The van der Waals surface area contributed by atoms with Gasteiger partial charge in [-0.1, -0.05) is 60.7 Å². The molecule has 0 amide bonds. The molecular formula is C18H19F3. The Balaban J connectivity index is 1.92. The average Bonchev–Trinajstić information content (AvgIpc) is 2.48. The number of aryl methyl sites for hydroxylation is 2. The molecule has 0 saturated carbocycles. The van der Waals surface area contributed by atoms with Gasteiger partial charge in [-0.25, -0.2) is 0 Å². The van der Waals surface area contributed by atoms with Crippen molar-refractivity contribution in [3.05, 3.63) is 71.8 Å². The molecule has 0 unspecified atom stereocenters. The minimum atomic E-state index is -4.12. The van der Waals surface area contributed by atoms with Gasteiger partial charge < -0.3 is 0 Å². The molecule has 0 bridgehead atoms. The molecule has 21 heavy (non-hydrogen) atoms. The van der Waals surface area contributed by atoms with Crippen molar-refractivity contribution in [1.29, 1.82) is 0 Å². The van der Waals surface area contributed by atoms with Gasteiger partial charge in [0.15, 0.2) is 0 Å². The molecule has 0 fully saturated rings. The number of hydrogen-bond acceptors (Lipinski definition) is 0. The molecule has 0 heterocycles. The van der Waals surface area contributed by atoms with E-state index >= 15 is 0 Å². The quantitative estimate of drug-likeness (QED) is 0.666. The lowest BCUT2D eigenvalue weighted by Crippen LogP contribution is -2.24. The second-order valence-corrected chi connectivity index (χ2v) is 5.29. The van der Waals surface area contributed by atoms with Crippen LogP contribution in [0.15, 0.2) is 60.7 Å². The minimum absolute atomic E-state index is 0.153. The van der Waals surface area contributed by atoms with Gasteiger partial charge in [0.05, 0.1) is 5.92 Å². The Morgan fingerprint density at radius 3 is 1.38 bits per heavy atom. The molecule has 0 saturated heterocycles. The summed E-state index contributed by atoms with van der Waals surface area (Å²) in [7, 11) is 0. The van der Waals surface area contributed by atoms with E-state index in [1.807, 2.05) is 60.7 Å². The third-order valence-electron chi connectivity index (χ3n) is 3.71. The Hall–Kier alpha value is -1.77. The van der Waals surface area contributed by atoms with Crippen LogP contribution in [-0.4, -0.2) is 6.18 Å². The van der Waals surface area contributed by atoms with Gasteiger partial charge >= 0.3 is 6.18 Å². The van der Waals surface area contributed by atoms with Gasteiger partial charge in [0.2, 0.25) is 0 Å². The van der Waals surface area contributed by atoms with E-state index < -0.39 is 12.1 Å². The maximum atomic E-state index is 13.1. The molecule has 0 aromatic heterocycles. The van der Waals surface area contributed by atoms with E-state index in [1.54, 1.807) is 0 Å². The van der Waals surface area contributed by atoms with E-state index in [0.29, 0.717) is 12.8 Å². The second-order valence-electron chi connectivity index (χ2n) is 5.29. The van der Waals surface area contributed by atoms with Crippen LogP contribution in [0.1, 0.15) is 24.0 Å². The maximum absolute atomic E-state index is 13.1. The summed E-state index contributed by atoms with van der Waals surface area (Å²) >= 11 is 0. The zero-order valence-electron chi connectivity index (χ0n) is 11.8. The van der Waals surface area contributed by atoms with Gasteiger partial charge in [0.25, 0.3) is 0 Å². The van der Waals surface area contributed by atoms with Crippen LogP contribution in [0.3, 0.4) is 0 Å². The first-order valence-corrected chi connectivity index (χ1v) is 7.20. The predicted octanol–water partition coefficient (Wildman–Crippen LogP) is 5.43. The smallest absolute Gasteiger partial charge is 0.171 e. The van der Waals surface area contributed by atoms with Crippen molar-refractivity contribution in [3.63, 3.8) is 0 Å². The SMILES string of the molecule is FC(F)(F)C(CCc1ccccc1)CCc1ccccc1.